The largest absolute Gasteiger partial charge is 0.325 e. The summed E-state index contributed by atoms with van der Waals surface area (Å²) in [6.07, 6.45) is 0. The molecule has 1 aromatic rings. The van der Waals surface area contributed by atoms with Crippen molar-refractivity contribution in [3.05, 3.63) is 30.3 Å². The van der Waals surface area contributed by atoms with Gasteiger partial charge in [0.1, 0.15) is 0 Å². The molecule has 0 radical (unpaired) electrons. The number of nitrogens with one attached hydrogen (secondary N) is 2. The van der Waals surface area contributed by atoms with Crippen molar-refractivity contribution >= 4 is 11.6 Å². The molecule has 5 heteroatoms. The van der Waals surface area contributed by atoms with Crippen molar-refractivity contribution < 1.29 is 0 Å². The fourth-order valence-electron chi connectivity index (χ4n) is 2.17. The smallest absolute Gasteiger partial charge is 0.210 e. The number of rotatable bonds is 6. The lowest BCUT2D eigenvalue weighted by atomic mass is 10.2. The van der Waals surface area contributed by atoms with Crippen LogP contribution in [0.3, 0.4) is 0 Å². The molecule has 4 N–H and O–H groups in total. The van der Waals surface area contributed by atoms with Gasteiger partial charge in [-0.05, 0) is 39.8 Å². The summed E-state index contributed by atoms with van der Waals surface area (Å²) in [5.41, 5.74) is 3.57. The number of para-hydroxylation sites is 1. The van der Waals surface area contributed by atoms with E-state index in [2.05, 4.69) is 48.3 Å². The van der Waals surface area contributed by atoms with E-state index in [0.717, 1.165) is 12.2 Å². The van der Waals surface area contributed by atoms with Gasteiger partial charge in [-0.1, -0.05) is 18.2 Å². The maximum atomic E-state index is 5.50. The van der Waals surface area contributed by atoms with Crippen molar-refractivity contribution in [1.82, 2.24) is 10.3 Å². The van der Waals surface area contributed by atoms with E-state index in [-0.39, 0.29) is 0 Å². The second-order valence-corrected chi connectivity index (χ2v) is 5.29. The number of nitrogens with zero attached hydrogens (tertiary/aromatic N) is 2. The van der Waals surface area contributed by atoms with Gasteiger partial charge in [0, 0.05) is 24.3 Å². The number of nitrogens with two attached hydrogens (primary N) is 1. The monoisotopic (exact) mass is 277 g/mol. The zero-order valence-corrected chi connectivity index (χ0v) is 12.9. The number of benzene rings is 1. The Balaban J connectivity index is 2.53. The van der Waals surface area contributed by atoms with Crippen LogP contribution in [0.25, 0.3) is 0 Å². The van der Waals surface area contributed by atoms with E-state index in [0.29, 0.717) is 24.6 Å². The first-order valence-corrected chi connectivity index (χ1v) is 7.13. The number of hydrazine groups is 1. The van der Waals surface area contributed by atoms with Crippen LogP contribution in [0, 0.1) is 0 Å². The van der Waals surface area contributed by atoms with Crippen molar-refractivity contribution in [3.63, 3.8) is 0 Å². The van der Waals surface area contributed by atoms with Crippen LogP contribution in [0.15, 0.2) is 35.3 Å². The maximum absolute atomic E-state index is 5.50. The van der Waals surface area contributed by atoms with Gasteiger partial charge in [-0.15, -0.1) is 0 Å². The Bertz CT molecular complexity index is 392. The Morgan fingerprint density at radius 2 is 1.75 bits per heavy atom. The predicted molar refractivity (Wildman–Crippen MR) is 86.7 cm³/mol. The molecule has 0 aliphatic carbocycles. The summed E-state index contributed by atoms with van der Waals surface area (Å²) < 4.78 is 0. The summed E-state index contributed by atoms with van der Waals surface area (Å²) in [4.78, 5) is 6.87. The van der Waals surface area contributed by atoms with Crippen molar-refractivity contribution in [1.29, 1.82) is 0 Å². The summed E-state index contributed by atoms with van der Waals surface area (Å²) in [5.74, 6) is 6.09. The molecule has 20 heavy (non-hydrogen) atoms. The highest BCUT2D eigenvalue weighted by Gasteiger charge is 2.12. The average Bonchev–Trinajstić information content (AvgIpc) is 2.42. The maximum Gasteiger partial charge on any atom is 0.210 e. The first kappa shape index (κ1) is 16.5. The first-order chi connectivity index (χ1) is 9.54. The molecule has 0 saturated carbocycles. The minimum absolute atomic E-state index is 0.515. The fourth-order valence-corrected chi connectivity index (χ4v) is 2.17. The topological polar surface area (TPSA) is 65.7 Å². The lowest BCUT2D eigenvalue weighted by molar-refractivity contribution is 0.181. The van der Waals surface area contributed by atoms with Crippen molar-refractivity contribution in [2.24, 2.45) is 10.8 Å². The second-order valence-electron chi connectivity index (χ2n) is 5.29. The van der Waals surface area contributed by atoms with E-state index in [1.54, 1.807) is 0 Å². The minimum Gasteiger partial charge on any atom is -0.325 e. The van der Waals surface area contributed by atoms with Gasteiger partial charge < -0.3 is 5.32 Å². The SMILES string of the molecule is CC(C)N(CCN=C(NN)Nc1ccccc1)C(C)C. The molecule has 0 atom stereocenters. The molecule has 0 spiro atoms. The van der Waals surface area contributed by atoms with Gasteiger partial charge in [-0.25, -0.2) is 5.84 Å². The molecule has 0 aliphatic rings. The molecule has 0 fully saturated rings. The molecule has 0 heterocycles. The van der Waals surface area contributed by atoms with Crippen molar-refractivity contribution in [3.8, 4) is 0 Å². The van der Waals surface area contributed by atoms with E-state index >= 15 is 0 Å². The molecule has 0 bridgehead atoms. The van der Waals surface area contributed by atoms with Crippen LogP contribution in [-0.4, -0.2) is 36.0 Å². The van der Waals surface area contributed by atoms with Gasteiger partial charge in [0.25, 0.3) is 0 Å². The van der Waals surface area contributed by atoms with Crippen LogP contribution in [-0.2, 0) is 0 Å². The summed E-state index contributed by atoms with van der Waals surface area (Å²) in [7, 11) is 0. The molecule has 1 rings (SSSR count). The van der Waals surface area contributed by atoms with Gasteiger partial charge in [0.05, 0.1) is 6.54 Å². The van der Waals surface area contributed by atoms with Gasteiger partial charge in [-0.2, -0.15) is 0 Å². The van der Waals surface area contributed by atoms with Crippen LogP contribution in [0.2, 0.25) is 0 Å². The quantitative estimate of drug-likeness (QED) is 0.322. The molecular formula is C15H27N5. The number of hydrogen-bond donors (Lipinski definition) is 3. The van der Waals surface area contributed by atoms with Gasteiger partial charge in [0.2, 0.25) is 5.96 Å². The number of anilines is 1. The Hall–Kier alpha value is -1.59. The molecule has 0 unspecified atom stereocenters. The molecule has 0 aromatic heterocycles. The molecular weight excluding hydrogens is 250 g/mol. The highest BCUT2D eigenvalue weighted by Crippen LogP contribution is 2.05. The average molecular weight is 277 g/mol. The van der Waals surface area contributed by atoms with Crippen LogP contribution >= 0.6 is 0 Å². The summed E-state index contributed by atoms with van der Waals surface area (Å²) in [5, 5.41) is 3.16. The molecule has 1 aromatic carbocycles. The second kappa shape index (κ2) is 8.55. The Kier molecular flexibility index (Phi) is 7.04. The number of aliphatic imine (C=N–C) groups is 1. The van der Waals surface area contributed by atoms with Crippen LogP contribution in [0.1, 0.15) is 27.7 Å². The van der Waals surface area contributed by atoms with Crippen LogP contribution in [0.4, 0.5) is 5.69 Å². The van der Waals surface area contributed by atoms with Gasteiger partial charge in [-0.3, -0.25) is 15.3 Å². The third kappa shape index (κ3) is 5.59. The minimum atomic E-state index is 0.515. The van der Waals surface area contributed by atoms with Gasteiger partial charge >= 0.3 is 0 Å². The third-order valence-corrected chi connectivity index (χ3v) is 3.13. The Labute approximate surface area is 122 Å². The van der Waals surface area contributed by atoms with E-state index in [1.807, 2.05) is 30.3 Å². The molecule has 5 nitrogen and oxygen atoms in total. The van der Waals surface area contributed by atoms with E-state index in [4.69, 9.17) is 5.84 Å². The number of guanidine groups is 1. The van der Waals surface area contributed by atoms with E-state index < -0.39 is 0 Å². The number of hydrogen-bond acceptors (Lipinski definition) is 3. The van der Waals surface area contributed by atoms with E-state index in [1.165, 1.54) is 0 Å². The van der Waals surface area contributed by atoms with Crippen molar-refractivity contribution in [2.75, 3.05) is 18.4 Å². The highest BCUT2D eigenvalue weighted by molar-refractivity contribution is 5.93. The van der Waals surface area contributed by atoms with Crippen LogP contribution < -0.4 is 16.6 Å². The van der Waals surface area contributed by atoms with E-state index in [9.17, 15) is 0 Å². The van der Waals surface area contributed by atoms with Gasteiger partial charge in [0.15, 0.2) is 0 Å². The van der Waals surface area contributed by atoms with Crippen molar-refractivity contribution in [2.45, 2.75) is 39.8 Å². The summed E-state index contributed by atoms with van der Waals surface area (Å²) >= 11 is 0. The zero-order chi connectivity index (χ0) is 15.0. The standard InChI is InChI=1S/C15H27N5/c1-12(2)20(13(3)4)11-10-17-15(19-16)18-14-8-6-5-7-9-14/h5-9,12-13H,10-11,16H2,1-4H3,(H2,17,18,19). The Morgan fingerprint density at radius 1 is 1.15 bits per heavy atom. The normalized spacial score (nSPS) is 12.3. The Morgan fingerprint density at radius 3 is 2.25 bits per heavy atom. The molecule has 112 valence electrons. The lowest BCUT2D eigenvalue weighted by Gasteiger charge is -2.29. The molecule has 0 aliphatic heterocycles. The zero-order valence-electron chi connectivity index (χ0n) is 12.9. The fraction of sp³-hybridized carbons (Fsp3) is 0.533. The van der Waals surface area contributed by atoms with Crippen LogP contribution in [0.5, 0.6) is 0 Å². The molecule has 0 amide bonds. The summed E-state index contributed by atoms with van der Waals surface area (Å²) in [6.45, 7) is 10.4. The third-order valence-electron chi connectivity index (χ3n) is 3.13. The highest BCUT2D eigenvalue weighted by atomic mass is 15.3. The summed E-state index contributed by atoms with van der Waals surface area (Å²) in [6, 6.07) is 10.9. The first-order valence-electron chi connectivity index (χ1n) is 7.13. The molecule has 0 saturated heterocycles. The predicted octanol–water partition coefficient (Wildman–Crippen LogP) is 2.04. The lowest BCUT2D eigenvalue weighted by Crippen LogP contribution is -2.40.